The number of hydrogen-bond donors (Lipinski definition) is 1. The zero-order chi connectivity index (χ0) is 15.1. The van der Waals surface area contributed by atoms with Crippen LogP contribution in [0.25, 0.3) is 11.1 Å². The third kappa shape index (κ3) is 3.01. The number of nitriles is 3. The predicted octanol–water partition coefficient (Wildman–Crippen LogP) is 2.38. The lowest BCUT2D eigenvalue weighted by atomic mass is 10.1. The van der Waals surface area contributed by atoms with Gasteiger partial charge in [-0.1, -0.05) is 18.2 Å². The molecule has 1 aromatic carbocycles. The summed E-state index contributed by atoms with van der Waals surface area (Å²) in [5, 5.41) is 29.6. The maximum absolute atomic E-state index is 9.08. The molecule has 0 radical (unpaired) electrons. The zero-order valence-corrected chi connectivity index (χ0v) is 10.8. The van der Waals surface area contributed by atoms with Gasteiger partial charge in [-0.3, -0.25) is 0 Å². The first-order valence-electron chi connectivity index (χ1n) is 5.86. The number of rotatable bonds is 3. The summed E-state index contributed by atoms with van der Waals surface area (Å²) in [4.78, 5) is 7.90. The second kappa shape index (κ2) is 6.47. The number of benzene rings is 1. The molecule has 0 aliphatic heterocycles. The van der Waals surface area contributed by atoms with Crippen molar-refractivity contribution in [2.24, 2.45) is 0 Å². The van der Waals surface area contributed by atoms with Crippen LogP contribution in [0, 0.1) is 34.0 Å². The molecule has 0 spiro atoms. The SMILES string of the molecule is N#CC(C#N)=C(C#N)Nc1ccccc1-c1cncnc1. The smallest absolute Gasteiger partial charge is 0.163 e. The number of anilines is 1. The van der Waals surface area contributed by atoms with Crippen molar-refractivity contribution >= 4 is 5.69 Å². The third-order valence-electron chi connectivity index (χ3n) is 2.64. The lowest BCUT2D eigenvalue weighted by Gasteiger charge is -2.10. The number of allylic oxidation sites excluding steroid dienone is 2. The van der Waals surface area contributed by atoms with E-state index in [0.29, 0.717) is 5.69 Å². The molecule has 1 N–H and O–H groups in total. The number of nitrogens with zero attached hydrogens (tertiary/aromatic N) is 5. The van der Waals surface area contributed by atoms with Crippen molar-refractivity contribution in [3.63, 3.8) is 0 Å². The molecule has 6 heteroatoms. The van der Waals surface area contributed by atoms with Gasteiger partial charge in [0.1, 0.15) is 30.2 Å². The highest BCUT2D eigenvalue weighted by atomic mass is 14.9. The predicted molar refractivity (Wildman–Crippen MR) is 75.0 cm³/mol. The molecule has 2 rings (SSSR count). The summed E-state index contributed by atoms with van der Waals surface area (Å²) in [7, 11) is 0. The van der Waals surface area contributed by atoms with Crippen LogP contribution in [0.1, 0.15) is 0 Å². The summed E-state index contributed by atoms with van der Waals surface area (Å²) < 4.78 is 0. The van der Waals surface area contributed by atoms with Gasteiger partial charge in [0, 0.05) is 29.2 Å². The molecule has 0 amide bonds. The van der Waals surface area contributed by atoms with E-state index >= 15 is 0 Å². The van der Waals surface area contributed by atoms with Gasteiger partial charge in [-0.2, -0.15) is 15.8 Å². The molecule has 6 nitrogen and oxygen atoms in total. The first-order valence-corrected chi connectivity index (χ1v) is 5.86. The molecule has 1 aromatic heterocycles. The Morgan fingerprint density at radius 1 is 0.952 bits per heavy atom. The van der Waals surface area contributed by atoms with E-state index in [1.54, 1.807) is 36.7 Å². The van der Waals surface area contributed by atoms with Gasteiger partial charge in [-0.15, -0.1) is 0 Å². The van der Waals surface area contributed by atoms with Gasteiger partial charge in [0.15, 0.2) is 5.57 Å². The molecule has 0 saturated carbocycles. The average molecular weight is 272 g/mol. The first-order chi connectivity index (χ1) is 10.3. The molecule has 0 unspecified atom stereocenters. The second-order valence-electron chi connectivity index (χ2n) is 3.88. The largest absolute Gasteiger partial charge is 0.345 e. The highest BCUT2D eigenvalue weighted by Crippen LogP contribution is 2.27. The lowest BCUT2D eigenvalue weighted by molar-refractivity contribution is 1.17. The first kappa shape index (κ1) is 13.7. The van der Waals surface area contributed by atoms with Gasteiger partial charge < -0.3 is 5.32 Å². The molecular weight excluding hydrogens is 264 g/mol. The summed E-state index contributed by atoms with van der Waals surface area (Å²) in [5.74, 6) is 0. The minimum Gasteiger partial charge on any atom is -0.345 e. The molecular formula is C15H8N6. The number of aromatic nitrogens is 2. The van der Waals surface area contributed by atoms with Crippen LogP contribution in [0.3, 0.4) is 0 Å². The Balaban J connectivity index is 2.49. The van der Waals surface area contributed by atoms with Crippen LogP contribution in [-0.4, -0.2) is 9.97 Å². The Hall–Kier alpha value is -3.69. The van der Waals surface area contributed by atoms with Crippen molar-refractivity contribution in [3.8, 4) is 29.3 Å². The Kier molecular flexibility index (Phi) is 4.23. The lowest BCUT2D eigenvalue weighted by Crippen LogP contribution is -2.02. The van der Waals surface area contributed by atoms with Gasteiger partial charge in [0.2, 0.25) is 0 Å². The molecule has 2 aromatic rings. The maximum Gasteiger partial charge on any atom is 0.163 e. The monoisotopic (exact) mass is 272 g/mol. The normalized spacial score (nSPS) is 8.81. The van der Waals surface area contributed by atoms with Gasteiger partial charge >= 0.3 is 0 Å². The van der Waals surface area contributed by atoms with Crippen molar-refractivity contribution in [3.05, 3.63) is 54.3 Å². The summed E-state index contributed by atoms with van der Waals surface area (Å²) in [6.07, 6.45) is 4.70. The Labute approximate surface area is 121 Å². The minimum atomic E-state index is -0.267. The maximum atomic E-state index is 9.08. The molecule has 0 aliphatic carbocycles. The molecule has 0 atom stereocenters. The van der Waals surface area contributed by atoms with Crippen molar-refractivity contribution in [2.75, 3.05) is 5.32 Å². The van der Waals surface area contributed by atoms with E-state index in [0.717, 1.165) is 11.1 Å². The Morgan fingerprint density at radius 3 is 2.24 bits per heavy atom. The van der Waals surface area contributed by atoms with Crippen LogP contribution in [0.2, 0.25) is 0 Å². The highest BCUT2D eigenvalue weighted by molar-refractivity contribution is 5.79. The topological polar surface area (TPSA) is 109 Å². The van der Waals surface area contributed by atoms with Crippen LogP contribution < -0.4 is 5.32 Å². The Bertz CT molecular complexity index is 787. The number of hydrogen-bond acceptors (Lipinski definition) is 6. The van der Waals surface area contributed by atoms with Crippen molar-refractivity contribution in [1.29, 1.82) is 15.8 Å². The molecule has 0 aliphatic rings. The quantitative estimate of drug-likeness (QED) is 0.859. The molecule has 98 valence electrons. The van der Waals surface area contributed by atoms with Crippen LogP contribution >= 0.6 is 0 Å². The molecule has 0 fully saturated rings. The summed E-state index contributed by atoms with van der Waals surface area (Å²) in [5.41, 5.74) is 1.75. The standard InChI is InChI=1S/C15H8N6/c16-5-11(6-17)15(7-18)21-14-4-2-1-3-13(14)12-8-19-10-20-9-12/h1-4,8-10,21H. The van der Waals surface area contributed by atoms with E-state index in [1.165, 1.54) is 6.33 Å². The number of para-hydroxylation sites is 1. The highest BCUT2D eigenvalue weighted by Gasteiger charge is 2.10. The molecule has 0 bridgehead atoms. The van der Waals surface area contributed by atoms with Crippen molar-refractivity contribution in [2.45, 2.75) is 0 Å². The van der Waals surface area contributed by atoms with Gasteiger partial charge in [-0.25, -0.2) is 9.97 Å². The fourth-order valence-electron chi connectivity index (χ4n) is 1.70. The van der Waals surface area contributed by atoms with E-state index in [1.807, 2.05) is 18.2 Å². The molecule has 1 heterocycles. The fourth-order valence-corrected chi connectivity index (χ4v) is 1.70. The zero-order valence-electron chi connectivity index (χ0n) is 10.8. The molecule has 21 heavy (non-hydrogen) atoms. The van der Waals surface area contributed by atoms with Gasteiger partial charge in [-0.05, 0) is 6.07 Å². The van der Waals surface area contributed by atoms with Crippen molar-refractivity contribution in [1.82, 2.24) is 9.97 Å². The van der Waals surface area contributed by atoms with E-state index < -0.39 is 0 Å². The van der Waals surface area contributed by atoms with Crippen LogP contribution in [-0.2, 0) is 0 Å². The van der Waals surface area contributed by atoms with Gasteiger partial charge in [0.25, 0.3) is 0 Å². The fraction of sp³-hybridized carbons (Fsp3) is 0. The van der Waals surface area contributed by atoms with Crippen LogP contribution in [0.15, 0.2) is 54.3 Å². The minimum absolute atomic E-state index is 0.0932. The summed E-state index contributed by atoms with van der Waals surface area (Å²) in [6, 6.07) is 12.4. The summed E-state index contributed by atoms with van der Waals surface area (Å²) >= 11 is 0. The third-order valence-corrected chi connectivity index (χ3v) is 2.64. The Morgan fingerprint density at radius 2 is 1.62 bits per heavy atom. The second-order valence-corrected chi connectivity index (χ2v) is 3.88. The van der Waals surface area contributed by atoms with Crippen LogP contribution in [0.4, 0.5) is 5.69 Å². The van der Waals surface area contributed by atoms with E-state index in [2.05, 4.69) is 15.3 Å². The van der Waals surface area contributed by atoms with Crippen molar-refractivity contribution < 1.29 is 0 Å². The molecule has 0 saturated heterocycles. The van der Waals surface area contributed by atoms with Crippen LogP contribution in [0.5, 0.6) is 0 Å². The number of nitrogens with one attached hydrogen (secondary N) is 1. The van der Waals surface area contributed by atoms with Gasteiger partial charge in [0.05, 0.1) is 0 Å². The van der Waals surface area contributed by atoms with E-state index in [9.17, 15) is 0 Å². The summed E-state index contributed by atoms with van der Waals surface area (Å²) in [6.45, 7) is 0. The average Bonchev–Trinajstić information content (AvgIpc) is 2.56. The van der Waals surface area contributed by atoms with E-state index in [4.69, 9.17) is 15.8 Å². The van der Waals surface area contributed by atoms with E-state index in [-0.39, 0.29) is 11.3 Å².